The third kappa shape index (κ3) is 2.74. The number of para-hydroxylation sites is 2. The molecule has 0 aliphatic carbocycles. The fraction of sp³-hybridized carbons (Fsp3) is 0.118. The number of hydrogen-bond donors (Lipinski definition) is 2. The lowest BCUT2D eigenvalue weighted by Gasteiger charge is -2.11. The smallest absolute Gasteiger partial charge is 0.255 e. The molecule has 3 rings (SSSR count). The number of carbonyl (C=O) groups is 1. The highest BCUT2D eigenvalue weighted by molar-refractivity contribution is 6.06. The molecule has 0 spiro atoms. The van der Waals surface area contributed by atoms with Crippen LogP contribution in [0.15, 0.2) is 54.7 Å². The summed E-state index contributed by atoms with van der Waals surface area (Å²) in [6, 6.07) is 14.9. The number of ether oxygens (including phenoxy) is 1. The molecule has 1 amide bonds. The van der Waals surface area contributed by atoms with E-state index in [0.29, 0.717) is 23.6 Å². The van der Waals surface area contributed by atoms with Crippen LogP contribution in [0.5, 0.6) is 5.75 Å². The van der Waals surface area contributed by atoms with Crippen molar-refractivity contribution in [2.45, 2.75) is 6.92 Å². The van der Waals surface area contributed by atoms with Crippen LogP contribution in [0.3, 0.4) is 0 Å². The predicted octanol–water partition coefficient (Wildman–Crippen LogP) is 3.82. The minimum Gasteiger partial charge on any atom is -0.492 e. The van der Waals surface area contributed by atoms with Crippen LogP contribution in [0, 0.1) is 0 Å². The van der Waals surface area contributed by atoms with E-state index in [0.717, 1.165) is 10.9 Å². The Morgan fingerprint density at radius 3 is 2.90 bits per heavy atom. The summed E-state index contributed by atoms with van der Waals surface area (Å²) in [6.07, 6.45) is 1.86. The van der Waals surface area contributed by atoms with Gasteiger partial charge in [0.1, 0.15) is 5.75 Å². The Kier molecular flexibility index (Phi) is 3.60. The molecular weight excluding hydrogens is 264 g/mol. The highest BCUT2D eigenvalue weighted by atomic mass is 16.5. The molecule has 1 heterocycles. The highest BCUT2D eigenvalue weighted by Gasteiger charge is 2.10. The van der Waals surface area contributed by atoms with Crippen molar-refractivity contribution in [3.8, 4) is 5.75 Å². The molecule has 1 aromatic heterocycles. The first kappa shape index (κ1) is 13.2. The standard InChI is InChI=1S/C17H16N2O2/c1-2-21-16-6-4-3-5-15(16)19-17(20)13-7-8-14-12(11-13)9-10-18-14/h3-11,18H,2H2,1H3,(H,19,20). The second-order valence-electron chi connectivity index (χ2n) is 4.66. The molecule has 0 bridgehead atoms. The average Bonchev–Trinajstić information content (AvgIpc) is 2.97. The van der Waals surface area contributed by atoms with E-state index in [4.69, 9.17) is 4.74 Å². The molecule has 0 radical (unpaired) electrons. The number of aromatic nitrogens is 1. The second kappa shape index (κ2) is 5.71. The van der Waals surface area contributed by atoms with Gasteiger partial charge in [0.2, 0.25) is 0 Å². The molecular formula is C17H16N2O2. The molecule has 106 valence electrons. The molecule has 0 aliphatic heterocycles. The fourth-order valence-electron chi connectivity index (χ4n) is 2.24. The Morgan fingerprint density at radius 1 is 1.19 bits per heavy atom. The van der Waals surface area contributed by atoms with Crippen molar-refractivity contribution < 1.29 is 9.53 Å². The molecule has 2 N–H and O–H groups in total. The largest absolute Gasteiger partial charge is 0.492 e. The van der Waals surface area contributed by atoms with Crippen molar-refractivity contribution in [3.05, 3.63) is 60.3 Å². The second-order valence-corrected chi connectivity index (χ2v) is 4.66. The van der Waals surface area contributed by atoms with Gasteiger partial charge in [-0.3, -0.25) is 4.79 Å². The lowest BCUT2D eigenvalue weighted by Crippen LogP contribution is -2.12. The lowest BCUT2D eigenvalue weighted by atomic mass is 10.1. The molecule has 0 atom stereocenters. The monoisotopic (exact) mass is 280 g/mol. The van der Waals surface area contributed by atoms with E-state index in [-0.39, 0.29) is 5.91 Å². The first-order chi connectivity index (χ1) is 10.3. The van der Waals surface area contributed by atoms with Gasteiger partial charge in [-0.25, -0.2) is 0 Å². The zero-order valence-electron chi connectivity index (χ0n) is 11.7. The number of amides is 1. The van der Waals surface area contributed by atoms with Crippen molar-refractivity contribution in [2.75, 3.05) is 11.9 Å². The van der Waals surface area contributed by atoms with Crippen molar-refractivity contribution in [1.82, 2.24) is 4.98 Å². The molecule has 4 heteroatoms. The number of hydrogen-bond acceptors (Lipinski definition) is 2. The number of carbonyl (C=O) groups excluding carboxylic acids is 1. The maximum atomic E-state index is 12.4. The van der Waals surface area contributed by atoms with Crippen LogP contribution in [-0.4, -0.2) is 17.5 Å². The van der Waals surface area contributed by atoms with Gasteiger partial charge in [0.15, 0.2) is 0 Å². The molecule has 0 saturated carbocycles. The van der Waals surface area contributed by atoms with Crippen LogP contribution in [-0.2, 0) is 0 Å². The third-order valence-electron chi connectivity index (χ3n) is 3.25. The summed E-state index contributed by atoms with van der Waals surface area (Å²) in [5, 5.41) is 3.91. The maximum Gasteiger partial charge on any atom is 0.255 e. The zero-order valence-corrected chi connectivity index (χ0v) is 11.7. The van der Waals surface area contributed by atoms with Gasteiger partial charge in [0.25, 0.3) is 5.91 Å². The molecule has 0 fully saturated rings. The van der Waals surface area contributed by atoms with Gasteiger partial charge in [0, 0.05) is 22.7 Å². The summed E-state index contributed by atoms with van der Waals surface area (Å²) in [5.41, 5.74) is 2.31. The fourth-order valence-corrected chi connectivity index (χ4v) is 2.24. The van der Waals surface area contributed by atoms with Crippen molar-refractivity contribution in [3.63, 3.8) is 0 Å². The molecule has 0 aliphatic rings. The highest BCUT2D eigenvalue weighted by Crippen LogP contribution is 2.24. The van der Waals surface area contributed by atoms with Gasteiger partial charge in [-0.2, -0.15) is 0 Å². The van der Waals surface area contributed by atoms with E-state index in [1.165, 1.54) is 0 Å². The summed E-state index contributed by atoms with van der Waals surface area (Å²) >= 11 is 0. The van der Waals surface area contributed by atoms with Crippen molar-refractivity contribution in [1.29, 1.82) is 0 Å². The number of rotatable bonds is 4. The minimum atomic E-state index is -0.148. The van der Waals surface area contributed by atoms with Gasteiger partial charge < -0.3 is 15.0 Å². The van der Waals surface area contributed by atoms with Crippen LogP contribution in [0.1, 0.15) is 17.3 Å². The maximum absolute atomic E-state index is 12.4. The number of H-pyrrole nitrogens is 1. The van der Waals surface area contributed by atoms with Crippen molar-refractivity contribution >= 4 is 22.5 Å². The molecule has 0 saturated heterocycles. The Morgan fingerprint density at radius 2 is 2.05 bits per heavy atom. The zero-order chi connectivity index (χ0) is 14.7. The quantitative estimate of drug-likeness (QED) is 0.763. The number of aromatic amines is 1. The summed E-state index contributed by atoms with van der Waals surface area (Å²) in [5.74, 6) is 0.529. The minimum absolute atomic E-state index is 0.148. The van der Waals surface area contributed by atoms with Crippen LogP contribution < -0.4 is 10.1 Å². The average molecular weight is 280 g/mol. The van der Waals surface area contributed by atoms with Crippen LogP contribution in [0.2, 0.25) is 0 Å². The van der Waals surface area contributed by atoms with Gasteiger partial charge in [-0.05, 0) is 43.3 Å². The summed E-state index contributed by atoms with van der Waals surface area (Å²) in [4.78, 5) is 15.5. The van der Waals surface area contributed by atoms with Crippen LogP contribution >= 0.6 is 0 Å². The SMILES string of the molecule is CCOc1ccccc1NC(=O)c1ccc2[nH]ccc2c1. The predicted molar refractivity (Wildman–Crippen MR) is 83.9 cm³/mol. The Labute approximate surface area is 122 Å². The molecule has 0 unspecified atom stereocenters. The first-order valence-electron chi connectivity index (χ1n) is 6.88. The van der Waals surface area contributed by atoms with Crippen LogP contribution in [0.25, 0.3) is 10.9 Å². The van der Waals surface area contributed by atoms with E-state index in [1.807, 2.05) is 55.6 Å². The van der Waals surface area contributed by atoms with Crippen molar-refractivity contribution in [2.24, 2.45) is 0 Å². The summed E-state index contributed by atoms with van der Waals surface area (Å²) in [6.45, 7) is 2.47. The Hall–Kier alpha value is -2.75. The molecule has 4 nitrogen and oxygen atoms in total. The first-order valence-corrected chi connectivity index (χ1v) is 6.88. The van der Waals surface area contributed by atoms with E-state index < -0.39 is 0 Å². The van der Waals surface area contributed by atoms with E-state index >= 15 is 0 Å². The van der Waals surface area contributed by atoms with Gasteiger partial charge in [-0.15, -0.1) is 0 Å². The lowest BCUT2D eigenvalue weighted by molar-refractivity contribution is 0.102. The Bertz CT molecular complexity index is 777. The molecule has 3 aromatic rings. The number of nitrogens with one attached hydrogen (secondary N) is 2. The third-order valence-corrected chi connectivity index (χ3v) is 3.25. The van der Waals surface area contributed by atoms with Gasteiger partial charge in [-0.1, -0.05) is 12.1 Å². The summed E-state index contributed by atoms with van der Waals surface area (Å²) < 4.78 is 5.51. The number of anilines is 1. The molecule has 2 aromatic carbocycles. The van der Waals surface area contributed by atoms with E-state index in [2.05, 4.69) is 10.3 Å². The van der Waals surface area contributed by atoms with E-state index in [9.17, 15) is 4.79 Å². The molecule has 21 heavy (non-hydrogen) atoms. The number of fused-ring (bicyclic) bond motifs is 1. The topological polar surface area (TPSA) is 54.1 Å². The van der Waals surface area contributed by atoms with E-state index in [1.54, 1.807) is 6.07 Å². The number of benzene rings is 2. The summed E-state index contributed by atoms with van der Waals surface area (Å²) in [7, 11) is 0. The normalized spacial score (nSPS) is 10.5. The Balaban J connectivity index is 1.85. The van der Waals surface area contributed by atoms with Crippen LogP contribution in [0.4, 0.5) is 5.69 Å². The van der Waals surface area contributed by atoms with Gasteiger partial charge in [0.05, 0.1) is 12.3 Å². The van der Waals surface area contributed by atoms with Gasteiger partial charge >= 0.3 is 0 Å².